The van der Waals surface area contributed by atoms with Gasteiger partial charge in [0.25, 0.3) is 10.0 Å². The van der Waals surface area contributed by atoms with Crippen LogP contribution in [0.3, 0.4) is 0 Å². The van der Waals surface area contributed by atoms with Crippen LogP contribution in [0.4, 0.5) is 20.5 Å². The van der Waals surface area contributed by atoms with Crippen LogP contribution in [0.5, 0.6) is 17.6 Å². The molecule has 0 unspecified atom stereocenters. The molecule has 1 aliphatic heterocycles. The molecule has 0 bridgehead atoms. The molecule has 6 aromatic heterocycles. The number of nitrogens with zero attached hydrogens (tertiary/aromatic N) is 11. The average Bonchev–Trinajstić information content (AvgIpc) is 1.45. The SMILES string of the molecule is CCc1cc(-c2ccc(CS(=O)(=O)c3ccccc3Cl)nc2OC)cc2cnc(F)nc12.CCc1cc(-c2ccc(CS(=O)(=O)c3ccccc3Cl)nc2OC)cc2cnc(NC3CCC(N(C)C)CC3)nc12.CCc1cc(B2OC(C)(C)C(C)(C)O2)cc2cnc(F)nc12.CN(C)C1CCC(N)CC1.COc1nc(NS(=O)(=O)c2ccccc2Cl)ccc1Br. The van der Waals surface area contributed by atoms with Gasteiger partial charge in [0, 0.05) is 70.0 Å². The van der Waals surface area contributed by atoms with Crippen molar-refractivity contribution in [2.24, 2.45) is 5.73 Å². The summed E-state index contributed by atoms with van der Waals surface area (Å²) in [5.74, 6) is 1.11. The smallest absolute Gasteiger partial charge is 0.481 e. The van der Waals surface area contributed by atoms with Crippen molar-refractivity contribution >= 4 is 137 Å². The monoisotopic (exact) mass is 1880 g/mol. The summed E-state index contributed by atoms with van der Waals surface area (Å²) < 4.78 is 134. The predicted molar refractivity (Wildman–Crippen MR) is 495 cm³/mol. The normalized spacial score (nSPS) is 16.8. The number of methoxy groups -OCH3 is 3. The number of aryl methyl sites for hydroxylation is 3. The van der Waals surface area contributed by atoms with E-state index < -0.39 is 60.2 Å². The molecule has 35 heteroatoms. The molecule has 15 rings (SSSR count). The summed E-state index contributed by atoms with van der Waals surface area (Å²) >= 11 is 21.3. The maximum Gasteiger partial charge on any atom is 0.494 e. The Morgan fingerprint density at radius 1 is 0.504 bits per heavy atom. The third-order valence-corrected chi connectivity index (χ3v) is 29.1. The van der Waals surface area contributed by atoms with Crippen LogP contribution in [0.1, 0.15) is 128 Å². The fourth-order valence-electron chi connectivity index (χ4n) is 14.8. The Kier molecular flexibility index (Phi) is 32.4. The van der Waals surface area contributed by atoms with Crippen LogP contribution in [-0.2, 0) is 69.8 Å². The molecular formula is C90H103BBrCl3F2N14O11S3. The van der Waals surface area contributed by atoms with Gasteiger partial charge in [-0.2, -0.15) is 13.8 Å². The van der Waals surface area contributed by atoms with Gasteiger partial charge in [-0.15, -0.1) is 0 Å². The number of aromatic nitrogens is 9. The summed E-state index contributed by atoms with van der Waals surface area (Å²) in [6, 6.07) is 43.0. The van der Waals surface area contributed by atoms with Gasteiger partial charge < -0.3 is 44.4 Å². The van der Waals surface area contributed by atoms with Crippen LogP contribution in [0.2, 0.25) is 15.1 Å². The standard InChI is InChI=1S/C31H36ClN5O3S.C23H19ClFN3O3S.C16H20BFN2O2.C12H10BrClN2O3S.C8H18N2/c1-5-20-16-21(17-22-18-33-31(36-29(20)22)35-23-10-13-25(14-11-23)37(2)3)26-15-12-24(34-30(26)40-4)19-41(38,39)28-9-7-6-8-27(28)32;1-3-14-10-15(11-16-12-26-23(25)28-21(14)16)18-9-8-17(27-22(18)31-2)13-32(29,30)20-7-5-4-6-19(20)24;1-6-10-7-12(8-11-9-19-14(18)20-13(10)11)17-21-15(2,3)16(4,5)22-17;1-19-12-8(13)6-7-11(15-12)16-20(17,18)10-5-3-2-4-9(10)14;1-10(2)8-5-3-7(9)4-6-8/h6-9,12,15-18,23,25H,5,10-11,13-14,19H2,1-4H3,(H,33,35,36);4-12H,3,13H2,1-2H3;7-9H,6H2,1-5H3;2-7H,1H3,(H,15,16);7-8H,3-6,9H2,1-2H3. The number of nitrogens with two attached hydrogens (primary N) is 1. The minimum Gasteiger partial charge on any atom is -0.481 e. The zero-order valence-corrected chi connectivity index (χ0v) is 78.5. The Morgan fingerprint density at radius 2 is 0.912 bits per heavy atom. The van der Waals surface area contributed by atoms with Gasteiger partial charge in [0.15, 0.2) is 19.7 Å². The first-order chi connectivity index (χ1) is 59.4. The lowest BCUT2D eigenvalue weighted by Crippen LogP contribution is -2.41. The van der Waals surface area contributed by atoms with Gasteiger partial charge in [0.1, 0.15) is 10.7 Å². The highest BCUT2D eigenvalue weighted by atomic mass is 79.9. The molecule has 662 valence electrons. The van der Waals surface area contributed by atoms with Crippen LogP contribution < -0.4 is 35.4 Å². The molecule has 0 atom stereocenters. The Labute approximate surface area is 753 Å². The van der Waals surface area contributed by atoms with E-state index in [1.807, 2.05) is 84.1 Å². The highest BCUT2D eigenvalue weighted by Crippen LogP contribution is 2.40. The van der Waals surface area contributed by atoms with Gasteiger partial charge in [-0.1, -0.05) is 104 Å². The number of pyridine rings is 3. The summed E-state index contributed by atoms with van der Waals surface area (Å²) in [4.78, 5) is 42.4. The van der Waals surface area contributed by atoms with Crippen LogP contribution in [0.15, 0.2) is 183 Å². The van der Waals surface area contributed by atoms with Gasteiger partial charge in [0.2, 0.25) is 23.6 Å². The second kappa shape index (κ2) is 42.1. The number of benzene rings is 6. The van der Waals surface area contributed by atoms with Crippen molar-refractivity contribution < 1.29 is 57.6 Å². The minimum absolute atomic E-state index is 0.00893. The number of hydrogen-bond donors (Lipinski definition) is 3. The number of sulfone groups is 2. The van der Waals surface area contributed by atoms with Crippen molar-refractivity contribution in [1.82, 2.24) is 54.7 Å². The van der Waals surface area contributed by atoms with E-state index in [1.165, 1.54) is 109 Å². The fourth-order valence-corrected chi connectivity index (χ4v) is 20.4. The summed E-state index contributed by atoms with van der Waals surface area (Å²) in [7, 11) is 1.45. The lowest BCUT2D eigenvalue weighted by Gasteiger charge is -2.32. The molecular weight excluding hydrogens is 1780 g/mol. The number of halogens is 6. The number of fused-ring (bicyclic) bond motifs is 3. The highest BCUT2D eigenvalue weighted by molar-refractivity contribution is 9.10. The zero-order valence-electron chi connectivity index (χ0n) is 72.1. The molecule has 1 saturated heterocycles. The zero-order chi connectivity index (χ0) is 90.5. The van der Waals surface area contributed by atoms with Crippen LogP contribution in [0.25, 0.3) is 55.0 Å². The van der Waals surface area contributed by atoms with E-state index in [0.29, 0.717) is 74.2 Å². The predicted octanol–water partition coefficient (Wildman–Crippen LogP) is 18.0. The number of sulfonamides is 1. The molecule has 6 aromatic carbocycles. The Bertz CT molecular complexity index is 6190. The maximum atomic E-state index is 13.5. The molecule has 3 aliphatic rings. The lowest BCUT2D eigenvalue weighted by atomic mass is 9.77. The van der Waals surface area contributed by atoms with Crippen molar-refractivity contribution in [3.8, 4) is 39.9 Å². The molecule has 7 heterocycles. The number of rotatable bonds is 22. The Morgan fingerprint density at radius 3 is 1.34 bits per heavy atom. The largest absolute Gasteiger partial charge is 0.494 e. The van der Waals surface area contributed by atoms with Crippen LogP contribution in [0, 0.1) is 12.2 Å². The third-order valence-electron chi connectivity index (χ3n) is 22.4. The first-order valence-electron chi connectivity index (χ1n) is 40.8. The van der Waals surface area contributed by atoms with Crippen molar-refractivity contribution in [1.29, 1.82) is 0 Å². The van der Waals surface area contributed by atoms with Crippen molar-refractivity contribution in [2.75, 3.05) is 59.6 Å². The number of hydrogen-bond acceptors (Lipinski definition) is 24. The van der Waals surface area contributed by atoms with Gasteiger partial charge in [0.05, 0.1) is 101 Å². The van der Waals surface area contributed by atoms with Gasteiger partial charge in [-0.25, -0.2) is 65.1 Å². The van der Waals surface area contributed by atoms with Crippen LogP contribution >= 0.6 is 50.7 Å². The second-order valence-electron chi connectivity index (χ2n) is 31.9. The lowest BCUT2D eigenvalue weighted by molar-refractivity contribution is 0.00578. The van der Waals surface area contributed by atoms with Crippen molar-refractivity contribution in [3.63, 3.8) is 0 Å². The summed E-state index contributed by atoms with van der Waals surface area (Å²) in [5, 5.41) is 6.47. The van der Waals surface area contributed by atoms with Crippen molar-refractivity contribution in [2.45, 2.75) is 181 Å². The third kappa shape index (κ3) is 24.1. The number of nitrogens with one attached hydrogen (secondary N) is 2. The topological polar surface area (TPSA) is 321 Å². The van der Waals surface area contributed by atoms with Gasteiger partial charge >= 0.3 is 19.3 Å². The molecule has 0 spiro atoms. The Balaban J connectivity index is 0.000000161. The van der Waals surface area contributed by atoms with E-state index in [4.69, 9.17) is 69.0 Å². The molecule has 0 amide bonds. The van der Waals surface area contributed by atoms with E-state index in [2.05, 4.69) is 117 Å². The summed E-state index contributed by atoms with van der Waals surface area (Å²) in [5.41, 5.74) is 14.8. The molecule has 3 fully saturated rings. The average molecular weight is 1890 g/mol. The summed E-state index contributed by atoms with van der Waals surface area (Å²) in [6.45, 7) is 14.2. The van der Waals surface area contributed by atoms with Crippen LogP contribution in [-0.4, -0.2) is 172 Å². The first kappa shape index (κ1) is 96.4. The van der Waals surface area contributed by atoms with E-state index >= 15 is 0 Å². The second-order valence-corrected chi connectivity index (χ2v) is 39.5. The quantitative estimate of drug-likeness (QED) is 0.0419. The molecule has 2 aliphatic carbocycles. The summed E-state index contributed by atoms with van der Waals surface area (Å²) in [6.07, 6.45) is 15.1. The number of ether oxygens (including phenoxy) is 3. The van der Waals surface area contributed by atoms with E-state index in [0.717, 1.165) is 86.9 Å². The van der Waals surface area contributed by atoms with Gasteiger partial charge in [-0.05, 0) is 273 Å². The molecule has 2 saturated carbocycles. The minimum atomic E-state index is -3.80. The van der Waals surface area contributed by atoms with E-state index in [-0.39, 0.29) is 58.8 Å². The molecule has 125 heavy (non-hydrogen) atoms. The Hall–Kier alpha value is -9.29. The van der Waals surface area contributed by atoms with E-state index in [1.54, 1.807) is 66.7 Å². The van der Waals surface area contributed by atoms with Crippen molar-refractivity contribution in [3.05, 3.63) is 224 Å². The molecule has 12 aromatic rings. The molecule has 4 N–H and O–H groups in total. The first-order valence-corrected chi connectivity index (χ1v) is 47.5. The fraction of sp³-hybridized carbons (Fsp3) is 0.367. The molecule has 0 radical (unpaired) electrons. The maximum absolute atomic E-state index is 13.5. The highest BCUT2D eigenvalue weighted by Gasteiger charge is 2.52. The van der Waals surface area contributed by atoms with E-state index in [9.17, 15) is 34.0 Å². The van der Waals surface area contributed by atoms with Gasteiger partial charge in [-0.3, -0.25) is 4.72 Å². The number of anilines is 2. The molecule has 25 nitrogen and oxygen atoms in total.